The zero-order valence-electron chi connectivity index (χ0n) is 12.2. The molecule has 0 amide bonds. The highest BCUT2D eigenvalue weighted by Gasteiger charge is 2.23. The van der Waals surface area contributed by atoms with Crippen molar-refractivity contribution in [2.45, 2.75) is 19.5 Å². The van der Waals surface area contributed by atoms with E-state index in [4.69, 9.17) is 16.3 Å². The van der Waals surface area contributed by atoms with Gasteiger partial charge in [-0.1, -0.05) is 23.7 Å². The molecule has 5 heteroatoms. The Morgan fingerprint density at radius 3 is 3.10 bits per heavy atom. The lowest BCUT2D eigenvalue weighted by atomic mass is 10.1. The molecule has 1 fully saturated rings. The van der Waals surface area contributed by atoms with Gasteiger partial charge in [-0.25, -0.2) is 0 Å². The normalized spacial score (nSPS) is 19.4. The monoisotopic (exact) mass is 314 g/mol. The molecule has 0 aromatic heterocycles. The average Bonchev–Trinajstić information content (AvgIpc) is 2.45. The minimum atomic E-state index is 0.534. The van der Waals surface area contributed by atoms with Crippen molar-refractivity contribution < 1.29 is 4.74 Å². The lowest BCUT2D eigenvalue weighted by Crippen LogP contribution is -2.41. The van der Waals surface area contributed by atoms with Gasteiger partial charge in [0.1, 0.15) is 0 Å². The molecule has 1 atom stereocenters. The molecule has 20 heavy (non-hydrogen) atoms. The maximum atomic E-state index is 6.47. The molecular weight excluding hydrogens is 292 g/mol. The predicted molar refractivity (Wildman–Crippen MR) is 89.2 cm³/mol. The van der Waals surface area contributed by atoms with Gasteiger partial charge in [0.25, 0.3) is 0 Å². The van der Waals surface area contributed by atoms with E-state index >= 15 is 0 Å². The first-order valence-electron chi connectivity index (χ1n) is 7.05. The van der Waals surface area contributed by atoms with Crippen molar-refractivity contribution in [1.29, 1.82) is 0 Å². The Morgan fingerprint density at radius 1 is 1.50 bits per heavy atom. The van der Waals surface area contributed by atoms with Crippen LogP contribution in [0.25, 0.3) is 0 Å². The molecule has 1 aromatic carbocycles. The van der Waals surface area contributed by atoms with Crippen LogP contribution in [0.15, 0.2) is 18.2 Å². The lowest BCUT2D eigenvalue weighted by molar-refractivity contribution is 0.199. The third kappa shape index (κ3) is 4.04. The van der Waals surface area contributed by atoms with Crippen LogP contribution in [0.4, 0.5) is 5.69 Å². The van der Waals surface area contributed by atoms with Gasteiger partial charge in [0, 0.05) is 44.3 Å². The number of methoxy groups -OCH3 is 1. The number of thioether (sulfide) groups is 1. The summed E-state index contributed by atoms with van der Waals surface area (Å²) in [7, 11) is 1.72. The van der Waals surface area contributed by atoms with Gasteiger partial charge in [0.05, 0.1) is 17.3 Å². The highest BCUT2D eigenvalue weighted by Crippen LogP contribution is 2.33. The molecule has 1 heterocycles. The van der Waals surface area contributed by atoms with E-state index < -0.39 is 0 Å². The molecule has 1 aromatic rings. The predicted octanol–water partition coefficient (Wildman–Crippen LogP) is 3.02. The summed E-state index contributed by atoms with van der Waals surface area (Å²) in [6, 6.07) is 6.72. The number of nitrogens with one attached hydrogen (secondary N) is 1. The summed E-state index contributed by atoms with van der Waals surface area (Å²) in [5.41, 5.74) is 2.47. The van der Waals surface area contributed by atoms with Crippen molar-refractivity contribution in [3.63, 3.8) is 0 Å². The first-order chi connectivity index (χ1) is 9.74. The van der Waals surface area contributed by atoms with Crippen LogP contribution < -0.4 is 10.2 Å². The molecule has 0 saturated carbocycles. The summed E-state index contributed by atoms with van der Waals surface area (Å²) >= 11 is 8.49. The van der Waals surface area contributed by atoms with Crippen molar-refractivity contribution in [2.75, 3.05) is 43.2 Å². The fourth-order valence-corrected chi connectivity index (χ4v) is 3.80. The van der Waals surface area contributed by atoms with E-state index in [9.17, 15) is 0 Å². The Kier molecular flexibility index (Phi) is 6.49. The van der Waals surface area contributed by atoms with Crippen LogP contribution in [-0.4, -0.2) is 44.4 Å². The SMILES string of the molecule is COCCNCc1cccc(Cl)c1N1CCSCC1C. The zero-order chi connectivity index (χ0) is 14.4. The van der Waals surface area contributed by atoms with Gasteiger partial charge in [-0.15, -0.1) is 0 Å². The molecule has 112 valence electrons. The standard InChI is InChI=1S/C15H23ClN2OS/c1-12-11-20-9-7-18(12)15-13(4-3-5-14(15)16)10-17-6-8-19-2/h3-5,12,17H,6-11H2,1-2H3. The van der Waals surface area contributed by atoms with Crippen LogP contribution in [0.3, 0.4) is 0 Å². The largest absolute Gasteiger partial charge is 0.383 e. The molecule has 3 nitrogen and oxygen atoms in total. The third-order valence-corrected chi connectivity index (χ3v) is 5.02. The maximum absolute atomic E-state index is 6.47. The van der Waals surface area contributed by atoms with Crippen molar-refractivity contribution in [2.24, 2.45) is 0 Å². The summed E-state index contributed by atoms with van der Waals surface area (Å²) in [5.74, 6) is 2.34. The Bertz CT molecular complexity index is 430. The Labute approximate surface area is 131 Å². The Hall–Kier alpha value is -0.420. The van der Waals surface area contributed by atoms with Crippen LogP contribution in [0, 0.1) is 0 Å². The van der Waals surface area contributed by atoms with Crippen LogP contribution in [-0.2, 0) is 11.3 Å². The van der Waals surface area contributed by atoms with Crippen LogP contribution >= 0.6 is 23.4 Å². The number of ether oxygens (including phenoxy) is 1. The molecule has 0 bridgehead atoms. The summed E-state index contributed by atoms with van der Waals surface area (Å²) in [4.78, 5) is 2.45. The maximum Gasteiger partial charge on any atom is 0.0643 e. The molecule has 0 radical (unpaired) electrons. The number of para-hydroxylation sites is 1. The summed E-state index contributed by atoms with van der Waals surface area (Å²) in [6.07, 6.45) is 0. The fourth-order valence-electron chi connectivity index (χ4n) is 2.48. The van der Waals surface area contributed by atoms with E-state index in [0.717, 1.165) is 31.3 Å². The second-order valence-electron chi connectivity index (χ2n) is 5.03. The van der Waals surface area contributed by atoms with Crippen LogP contribution in [0.5, 0.6) is 0 Å². The topological polar surface area (TPSA) is 24.5 Å². The zero-order valence-corrected chi connectivity index (χ0v) is 13.8. The lowest BCUT2D eigenvalue weighted by Gasteiger charge is -2.37. The van der Waals surface area contributed by atoms with E-state index in [1.54, 1.807) is 7.11 Å². The number of nitrogens with zero attached hydrogens (tertiary/aromatic N) is 1. The second kappa shape index (κ2) is 8.13. The van der Waals surface area contributed by atoms with Gasteiger partial charge in [-0.05, 0) is 18.6 Å². The smallest absolute Gasteiger partial charge is 0.0643 e. The van der Waals surface area contributed by atoms with Gasteiger partial charge in [-0.2, -0.15) is 11.8 Å². The number of halogens is 1. The van der Waals surface area contributed by atoms with E-state index in [2.05, 4.69) is 23.2 Å². The van der Waals surface area contributed by atoms with Crippen molar-refractivity contribution in [3.05, 3.63) is 28.8 Å². The second-order valence-corrected chi connectivity index (χ2v) is 6.59. The highest BCUT2D eigenvalue weighted by atomic mass is 35.5. The van der Waals surface area contributed by atoms with Gasteiger partial charge in [0.15, 0.2) is 0 Å². The van der Waals surface area contributed by atoms with Crippen LogP contribution in [0.2, 0.25) is 5.02 Å². The van der Waals surface area contributed by atoms with E-state index in [0.29, 0.717) is 6.04 Å². The molecule has 1 aliphatic rings. The summed E-state index contributed by atoms with van der Waals surface area (Å²) in [5, 5.41) is 4.26. The van der Waals surface area contributed by atoms with Crippen molar-refractivity contribution >= 4 is 29.1 Å². The van der Waals surface area contributed by atoms with E-state index in [-0.39, 0.29) is 0 Å². The van der Waals surface area contributed by atoms with E-state index in [1.165, 1.54) is 22.8 Å². The molecular formula is C15H23ClN2OS. The minimum Gasteiger partial charge on any atom is -0.383 e. The molecule has 1 saturated heterocycles. The Balaban J connectivity index is 2.13. The minimum absolute atomic E-state index is 0.534. The first kappa shape index (κ1) is 16.0. The molecule has 1 unspecified atom stereocenters. The molecule has 1 N–H and O–H groups in total. The number of hydrogen-bond donors (Lipinski definition) is 1. The number of rotatable bonds is 6. The average molecular weight is 315 g/mol. The van der Waals surface area contributed by atoms with Crippen molar-refractivity contribution in [1.82, 2.24) is 5.32 Å². The number of benzene rings is 1. The van der Waals surface area contributed by atoms with Gasteiger partial charge >= 0.3 is 0 Å². The number of anilines is 1. The Morgan fingerprint density at radius 2 is 2.35 bits per heavy atom. The molecule has 1 aliphatic heterocycles. The van der Waals surface area contributed by atoms with Crippen molar-refractivity contribution in [3.8, 4) is 0 Å². The summed E-state index contributed by atoms with van der Waals surface area (Å²) in [6.45, 7) is 5.76. The quantitative estimate of drug-likeness (QED) is 0.816. The van der Waals surface area contributed by atoms with E-state index in [1.807, 2.05) is 23.9 Å². The molecule has 2 rings (SSSR count). The summed E-state index contributed by atoms with van der Waals surface area (Å²) < 4.78 is 5.07. The van der Waals surface area contributed by atoms with Crippen LogP contribution in [0.1, 0.15) is 12.5 Å². The fraction of sp³-hybridized carbons (Fsp3) is 0.600. The number of hydrogen-bond acceptors (Lipinski definition) is 4. The first-order valence-corrected chi connectivity index (χ1v) is 8.58. The molecule has 0 spiro atoms. The molecule has 0 aliphatic carbocycles. The van der Waals surface area contributed by atoms with Gasteiger partial charge in [-0.3, -0.25) is 0 Å². The third-order valence-electron chi connectivity index (χ3n) is 3.52. The van der Waals surface area contributed by atoms with Gasteiger partial charge in [0.2, 0.25) is 0 Å². The highest BCUT2D eigenvalue weighted by molar-refractivity contribution is 7.99. The van der Waals surface area contributed by atoms with Gasteiger partial charge < -0.3 is 15.0 Å².